The quantitative estimate of drug-likeness (QED) is 0.919. The molecule has 2 aliphatic rings. The number of hydrogen-bond donors (Lipinski definition) is 1. The predicted molar refractivity (Wildman–Crippen MR) is 93.4 cm³/mol. The van der Waals surface area contributed by atoms with Crippen molar-refractivity contribution in [2.75, 3.05) is 26.2 Å². The molecule has 1 aromatic carbocycles. The molecular formula is C19H27N3O2. The predicted octanol–water partition coefficient (Wildman–Crippen LogP) is 2.01. The van der Waals surface area contributed by atoms with Gasteiger partial charge in [0.15, 0.2) is 0 Å². The first-order chi connectivity index (χ1) is 11.6. The van der Waals surface area contributed by atoms with E-state index in [2.05, 4.69) is 17.0 Å². The Morgan fingerprint density at radius 2 is 1.58 bits per heavy atom. The average Bonchev–Trinajstić information content (AvgIpc) is 2.63. The van der Waals surface area contributed by atoms with Crippen LogP contribution >= 0.6 is 0 Å². The first-order valence-electron chi connectivity index (χ1n) is 9.03. The van der Waals surface area contributed by atoms with E-state index < -0.39 is 0 Å². The summed E-state index contributed by atoms with van der Waals surface area (Å²) in [7, 11) is 0. The zero-order chi connectivity index (χ0) is 16.9. The Labute approximate surface area is 143 Å². The van der Waals surface area contributed by atoms with Crippen LogP contribution in [0.15, 0.2) is 24.3 Å². The Morgan fingerprint density at radius 3 is 2.17 bits per heavy atom. The summed E-state index contributed by atoms with van der Waals surface area (Å²) in [6.45, 7) is 4.55. The highest BCUT2D eigenvalue weighted by Gasteiger charge is 2.26. The molecule has 2 N–H and O–H groups in total. The van der Waals surface area contributed by atoms with Crippen molar-refractivity contribution >= 4 is 11.8 Å². The van der Waals surface area contributed by atoms with Crippen molar-refractivity contribution in [3.8, 4) is 0 Å². The van der Waals surface area contributed by atoms with Crippen LogP contribution in [0.4, 0.5) is 0 Å². The number of carbonyl (C=O) groups excluding carboxylic acids is 2. The first kappa shape index (κ1) is 17.0. The molecule has 5 heteroatoms. The standard InChI is InChI=1S/C19H27N3O2/c20-18(23)16-8-12-22(13-9-16)19(24)17-6-4-15(5-7-17)14-21-10-2-1-3-11-21/h4-7,16H,1-3,8-14H2,(H2,20,23). The lowest BCUT2D eigenvalue weighted by atomic mass is 9.96. The first-order valence-corrected chi connectivity index (χ1v) is 9.03. The van der Waals surface area contributed by atoms with Crippen molar-refractivity contribution in [3.05, 3.63) is 35.4 Å². The highest BCUT2D eigenvalue weighted by Crippen LogP contribution is 2.19. The molecule has 24 heavy (non-hydrogen) atoms. The molecule has 0 bridgehead atoms. The van der Waals surface area contributed by atoms with Crippen LogP contribution in [-0.4, -0.2) is 47.8 Å². The van der Waals surface area contributed by atoms with E-state index in [1.54, 1.807) is 0 Å². The summed E-state index contributed by atoms with van der Waals surface area (Å²) in [6.07, 6.45) is 5.27. The maximum Gasteiger partial charge on any atom is 0.253 e. The van der Waals surface area contributed by atoms with E-state index >= 15 is 0 Å². The fraction of sp³-hybridized carbons (Fsp3) is 0.579. The van der Waals surface area contributed by atoms with Crippen molar-refractivity contribution in [2.45, 2.75) is 38.6 Å². The summed E-state index contributed by atoms with van der Waals surface area (Å²) in [5, 5.41) is 0. The van der Waals surface area contributed by atoms with Crippen LogP contribution in [-0.2, 0) is 11.3 Å². The van der Waals surface area contributed by atoms with Gasteiger partial charge in [0.1, 0.15) is 0 Å². The molecule has 1 aromatic rings. The van der Waals surface area contributed by atoms with E-state index in [4.69, 9.17) is 5.73 Å². The lowest BCUT2D eigenvalue weighted by Crippen LogP contribution is -2.41. The minimum Gasteiger partial charge on any atom is -0.369 e. The second kappa shape index (κ2) is 7.79. The zero-order valence-electron chi connectivity index (χ0n) is 14.2. The Morgan fingerprint density at radius 1 is 0.958 bits per heavy atom. The number of piperidine rings is 2. The summed E-state index contributed by atoms with van der Waals surface area (Å²) in [5.74, 6) is -0.271. The van der Waals surface area contributed by atoms with Gasteiger partial charge in [-0.1, -0.05) is 18.6 Å². The molecule has 5 nitrogen and oxygen atoms in total. The smallest absolute Gasteiger partial charge is 0.253 e. The van der Waals surface area contributed by atoms with Gasteiger partial charge < -0.3 is 10.6 Å². The number of primary amides is 1. The van der Waals surface area contributed by atoms with Gasteiger partial charge in [-0.3, -0.25) is 14.5 Å². The van der Waals surface area contributed by atoms with Crippen LogP contribution in [0.1, 0.15) is 48.0 Å². The second-order valence-electron chi connectivity index (χ2n) is 7.00. The van der Waals surface area contributed by atoms with E-state index in [0.29, 0.717) is 25.9 Å². The van der Waals surface area contributed by atoms with E-state index in [9.17, 15) is 9.59 Å². The van der Waals surface area contributed by atoms with Gasteiger partial charge in [0.05, 0.1) is 0 Å². The number of nitrogens with zero attached hydrogens (tertiary/aromatic N) is 2. The highest BCUT2D eigenvalue weighted by atomic mass is 16.2. The molecular weight excluding hydrogens is 302 g/mol. The van der Waals surface area contributed by atoms with Crippen LogP contribution in [0.5, 0.6) is 0 Å². The third-order valence-corrected chi connectivity index (χ3v) is 5.24. The average molecular weight is 329 g/mol. The van der Waals surface area contributed by atoms with Crippen LogP contribution < -0.4 is 5.73 Å². The number of rotatable bonds is 4. The third-order valence-electron chi connectivity index (χ3n) is 5.24. The van der Waals surface area contributed by atoms with Crippen molar-refractivity contribution < 1.29 is 9.59 Å². The molecule has 0 unspecified atom stereocenters. The Kier molecular flexibility index (Phi) is 5.51. The molecule has 3 rings (SSSR count). The fourth-order valence-corrected chi connectivity index (χ4v) is 3.68. The van der Waals surface area contributed by atoms with Gasteiger partial charge in [-0.25, -0.2) is 0 Å². The molecule has 0 atom stereocenters. The maximum atomic E-state index is 12.6. The van der Waals surface area contributed by atoms with Gasteiger partial charge in [0.2, 0.25) is 5.91 Å². The summed E-state index contributed by atoms with van der Waals surface area (Å²) >= 11 is 0. The van der Waals surface area contributed by atoms with Crippen molar-refractivity contribution in [1.29, 1.82) is 0 Å². The number of carbonyl (C=O) groups is 2. The zero-order valence-corrected chi connectivity index (χ0v) is 14.2. The van der Waals surface area contributed by atoms with Gasteiger partial charge in [0, 0.05) is 31.1 Å². The lowest BCUT2D eigenvalue weighted by molar-refractivity contribution is -0.123. The summed E-state index contributed by atoms with van der Waals surface area (Å²) in [4.78, 5) is 28.1. The van der Waals surface area contributed by atoms with Gasteiger partial charge >= 0.3 is 0 Å². The molecule has 0 aliphatic carbocycles. The molecule has 2 fully saturated rings. The molecule has 2 amide bonds. The molecule has 0 radical (unpaired) electrons. The topological polar surface area (TPSA) is 66.6 Å². The summed E-state index contributed by atoms with van der Waals surface area (Å²) in [5.41, 5.74) is 7.34. The normalized spacial score (nSPS) is 20.1. The number of benzene rings is 1. The molecule has 2 heterocycles. The third kappa shape index (κ3) is 4.15. The van der Waals surface area contributed by atoms with E-state index in [1.165, 1.54) is 37.9 Å². The highest BCUT2D eigenvalue weighted by molar-refractivity contribution is 5.94. The maximum absolute atomic E-state index is 12.6. The van der Waals surface area contributed by atoms with Crippen molar-refractivity contribution in [3.63, 3.8) is 0 Å². The van der Waals surface area contributed by atoms with Crippen LogP contribution in [0.2, 0.25) is 0 Å². The van der Waals surface area contributed by atoms with Crippen LogP contribution in [0.25, 0.3) is 0 Å². The van der Waals surface area contributed by atoms with Crippen LogP contribution in [0.3, 0.4) is 0 Å². The molecule has 2 saturated heterocycles. The Balaban J connectivity index is 1.55. The molecule has 0 aromatic heterocycles. The lowest BCUT2D eigenvalue weighted by Gasteiger charge is -2.30. The molecule has 0 spiro atoms. The SMILES string of the molecule is NC(=O)C1CCN(C(=O)c2ccc(CN3CCCCC3)cc2)CC1. The van der Waals surface area contributed by atoms with Gasteiger partial charge in [0.25, 0.3) is 5.91 Å². The Bertz CT molecular complexity index is 571. The monoisotopic (exact) mass is 329 g/mol. The molecule has 0 saturated carbocycles. The second-order valence-corrected chi connectivity index (χ2v) is 7.00. The van der Waals surface area contributed by atoms with Gasteiger partial charge in [-0.05, 0) is 56.5 Å². The number of amides is 2. The minimum absolute atomic E-state index is 0.0578. The van der Waals surface area contributed by atoms with E-state index in [0.717, 1.165) is 12.1 Å². The van der Waals surface area contributed by atoms with Crippen molar-refractivity contribution in [1.82, 2.24) is 9.80 Å². The Hall–Kier alpha value is -1.88. The van der Waals surface area contributed by atoms with Crippen LogP contribution in [0, 0.1) is 5.92 Å². The number of likely N-dealkylation sites (tertiary alicyclic amines) is 2. The summed E-state index contributed by atoms with van der Waals surface area (Å²) < 4.78 is 0. The molecule has 2 aliphatic heterocycles. The van der Waals surface area contributed by atoms with Gasteiger partial charge in [-0.2, -0.15) is 0 Å². The molecule has 130 valence electrons. The fourth-order valence-electron chi connectivity index (χ4n) is 3.68. The number of hydrogen-bond acceptors (Lipinski definition) is 3. The van der Waals surface area contributed by atoms with E-state index in [-0.39, 0.29) is 17.7 Å². The summed E-state index contributed by atoms with van der Waals surface area (Å²) in [6, 6.07) is 8.00. The largest absolute Gasteiger partial charge is 0.369 e. The van der Waals surface area contributed by atoms with E-state index in [1.807, 2.05) is 17.0 Å². The minimum atomic E-state index is -0.246. The van der Waals surface area contributed by atoms with Crippen molar-refractivity contribution in [2.24, 2.45) is 11.7 Å². The number of nitrogens with two attached hydrogens (primary N) is 1. The van der Waals surface area contributed by atoms with Gasteiger partial charge in [-0.15, -0.1) is 0 Å².